The van der Waals surface area contributed by atoms with Crippen molar-refractivity contribution in [1.82, 2.24) is 10.2 Å². The molecule has 0 spiro atoms. The molecule has 4 rings (SSSR count). The van der Waals surface area contributed by atoms with Crippen LogP contribution in [0.5, 0.6) is 0 Å². The van der Waals surface area contributed by atoms with E-state index in [0.29, 0.717) is 9.09 Å². The first-order chi connectivity index (χ1) is 15.2. The van der Waals surface area contributed by atoms with Crippen LogP contribution in [-0.2, 0) is 4.79 Å². The quantitative estimate of drug-likeness (QED) is 0.163. The standard InChI is InChI=1S/C23H18N4OS3/c28-21(24-22-25-26-23(29)30-22)15-8-16-6-11-19(12-7-16)27-31-20-13-9-18(10-14-20)17-4-2-1-3-5-17/h1-15,27H,(H,26,29)(H,24,25,28)/b15-8+. The number of carbonyl (C=O) groups is 1. The predicted octanol–water partition coefficient (Wildman–Crippen LogP) is 6.64. The Morgan fingerprint density at radius 3 is 2.35 bits per heavy atom. The van der Waals surface area contributed by atoms with Gasteiger partial charge in [-0.25, -0.2) is 0 Å². The third-order valence-electron chi connectivity index (χ3n) is 4.25. The zero-order valence-corrected chi connectivity index (χ0v) is 18.7. The highest BCUT2D eigenvalue weighted by molar-refractivity contribution is 8.00. The van der Waals surface area contributed by atoms with Crippen molar-refractivity contribution < 1.29 is 4.79 Å². The second-order valence-corrected chi connectivity index (χ2v) is 9.00. The number of H-pyrrole nitrogens is 1. The van der Waals surface area contributed by atoms with E-state index in [4.69, 9.17) is 12.2 Å². The molecule has 154 valence electrons. The normalized spacial score (nSPS) is 10.8. The average molecular weight is 463 g/mol. The summed E-state index contributed by atoms with van der Waals surface area (Å²) in [4.78, 5) is 13.1. The zero-order chi connectivity index (χ0) is 21.5. The van der Waals surface area contributed by atoms with Gasteiger partial charge in [0.05, 0.1) is 0 Å². The molecule has 31 heavy (non-hydrogen) atoms. The van der Waals surface area contributed by atoms with Crippen molar-refractivity contribution in [2.24, 2.45) is 0 Å². The average Bonchev–Trinajstić information content (AvgIpc) is 3.22. The van der Waals surface area contributed by atoms with Gasteiger partial charge in [-0.3, -0.25) is 15.2 Å². The number of benzene rings is 3. The van der Waals surface area contributed by atoms with E-state index in [1.54, 1.807) is 18.0 Å². The summed E-state index contributed by atoms with van der Waals surface area (Å²) in [5.41, 5.74) is 4.31. The summed E-state index contributed by atoms with van der Waals surface area (Å²) in [6.07, 6.45) is 3.22. The van der Waals surface area contributed by atoms with E-state index in [1.165, 1.54) is 28.5 Å². The number of amides is 1. The van der Waals surface area contributed by atoms with Crippen LogP contribution in [0.4, 0.5) is 10.8 Å². The van der Waals surface area contributed by atoms with E-state index in [0.717, 1.165) is 16.1 Å². The molecular weight excluding hydrogens is 444 g/mol. The number of hydrogen-bond acceptors (Lipinski definition) is 6. The molecule has 1 aromatic heterocycles. The Kier molecular flexibility index (Phi) is 6.93. The van der Waals surface area contributed by atoms with Crippen LogP contribution in [0.1, 0.15) is 5.56 Å². The largest absolute Gasteiger partial charge is 0.326 e. The van der Waals surface area contributed by atoms with Crippen molar-refractivity contribution in [1.29, 1.82) is 0 Å². The van der Waals surface area contributed by atoms with Gasteiger partial charge in [-0.05, 0) is 71.2 Å². The molecule has 0 atom stereocenters. The number of nitrogens with zero attached hydrogens (tertiary/aromatic N) is 1. The fourth-order valence-corrected chi connectivity index (χ4v) is 4.16. The molecule has 0 saturated carbocycles. The summed E-state index contributed by atoms with van der Waals surface area (Å²) in [7, 11) is 0. The Morgan fingerprint density at radius 2 is 1.68 bits per heavy atom. The first kappa shape index (κ1) is 21.0. The van der Waals surface area contributed by atoms with Crippen molar-refractivity contribution in [2.45, 2.75) is 4.90 Å². The number of anilines is 2. The van der Waals surface area contributed by atoms with Gasteiger partial charge >= 0.3 is 0 Å². The maximum atomic E-state index is 11.9. The summed E-state index contributed by atoms with van der Waals surface area (Å²) in [6, 6.07) is 26.6. The SMILES string of the molecule is O=C(/C=C/c1ccc(NSc2ccc(-c3ccccc3)cc2)cc1)Nc1n[nH]c(=S)s1. The van der Waals surface area contributed by atoms with E-state index in [9.17, 15) is 4.79 Å². The van der Waals surface area contributed by atoms with Crippen molar-refractivity contribution >= 4 is 58.3 Å². The van der Waals surface area contributed by atoms with Gasteiger partial charge in [0.1, 0.15) is 0 Å². The minimum absolute atomic E-state index is 0.255. The number of carbonyl (C=O) groups excluding carboxylic acids is 1. The van der Waals surface area contributed by atoms with Crippen LogP contribution in [0, 0.1) is 3.95 Å². The van der Waals surface area contributed by atoms with Crippen LogP contribution in [0.25, 0.3) is 17.2 Å². The molecule has 0 radical (unpaired) electrons. The van der Waals surface area contributed by atoms with Gasteiger partial charge in [-0.1, -0.05) is 65.9 Å². The van der Waals surface area contributed by atoms with Crippen LogP contribution < -0.4 is 10.0 Å². The highest BCUT2D eigenvalue weighted by atomic mass is 32.2. The van der Waals surface area contributed by atoms with Gasteiger partial charge in [-0.15, -0.1) is 5.10 Å². The van der Waals surface area contributed by atoms with Crippen LogP contribution in [0.15, 0.2) is 89.8 Å². The molecule has 3 aromatic carbocycles. The lowest BCUT2D eigenvalue weighted by Gasteiger charge is -2.07. The van der Waals surface area contributed by atoms with Crippen LogP contribution in [0.2, 0.25) is 0 Å². The molecule has 0 bridgehead atoms. The van der Waals surface area contributed by atoms with Crippen LogP contribution in [0.3, 0.4) is 0 Å². The van der Waals surface area contributed by atoms with E-state index in [2.05, 4.69) is 56.6 Å². The third kappa shape index (κ3) is 6.14. The molecule has 3 N–H and O–H groups in total. The molecule has 0 saturated heterocycles. The monoisotopic (exact) mass is 462 g/mol. The molecule has 0 unspecified atom stereocenters. The lowest BCUT2D eigenvalue weighted by atomic mass is 10.1. The number of nitrogens with one attached hydrogen (secondary N) is 3. The fourth-order valence-electron chi connectivity index (χ4n) is 2.73. The minimum atomic E-state index is -0.255. The van der Waals surface area contributed by atoms with Gasteiger partial charge in [0.25, 0.3) is 0 Å². The first-order valence-corrected chi connectivity index (χ1v) is 11.4. The van der Waals surface area contributed by atoms with Gasteiger partial charge in [-0.2, -0.15) is 0 Å². The number of aromatic nitrogens is 2. The molecule has 0 fully saturated rings. The molecule has 1 heterocycles. The van der Waals surface area contributed by atoms with Crippen LogP contribution >= 0.6 is 35.5 Å². The number of hydrogen-bond donors (Lipinski definition) is 3. The molecule has 0 aliphatic heterocycles. The second-order valence-electron chi connectivity index (χ2n) is 6.46. The Morgan fingerprint density at radius 1 is 0.968 bits per heavy atom. The second kappa shape index (κ2) is 10.2. The third-order valence-corrected chi connectivity index (χ3v) is 6.10. The molecule has 0 aliphatic carbocycles. The van der Waals surface area contributed by atoms with E-state index < -0.39 is 0 Å². The first-order valence-electron chi connectivity index (χ1n) is 9.39. The molecule has 0 aliphatic rings. The van der Waals surface area contributed by atoms with Gasteiger partial charge < -0.3 is 4.72 Å². The summed E-state index contributed by atoms with van der Waals surface area (Å²) >= 11 is 7.71. The van der Waals surface area contributed by atoms with Crippen molar-refractivity contribution in [2.75, 3.05) is 10.0 Å². The number of rotatable bonds is 7. The van der Waals surface area contributed by atoms with Crippen molar-refractivity contribution in [3.63, 3.8) is 0 Å². The fraction of sp³-hybridized carbons (Fsp3) is 0. The molecular formula is C23H18N4OS3. The Labute approximate surface area is 193 Å². The van der Waals surface area contributed by atoms with Gasteiger partial charge in [0.15, 0.2) is 3.95 Å². The number of aromatic amines is 1. The lowest BCUT2D eigenvalue weighted by Crippen LogP contribution is -2.07. The highest BCUT2D eigenvalue weighted by Gasteiger charge is 2.02. The van der Waals surface area contributed by atoms with E-state index in [-0.39, 0.29) is 5.91 Å². The Balaban J connectivity index is 1.29. The smallest absolute Gasteiger partial charge is 0.250 e. The summed E-state index contributed by atoms with van der Waals surface area (Å²) in [5.74, 6) is -0.255. The summed E-state index contributed by atoms with van der Waals surface area (Å²) in [6.45, 7) is 0. The maximum Gasteiger partial charge on any atom is 0.250 e. The van der Waals surface area contributed by atoms with Crippen LogP contribution in [-0.4, -0.2) is 16.1 Å². The van der Waals surface area contributed by atoms with E-state index >= 15 is 0 Å². The summed E-state index contributed by atoms with van der Waals surface area (Å²) < 4.78 is 3.86. The molecule has 5 nitrogen and oxygen atoms in total. The molecule has 1 amide bonds. The Bertz CT molecular complexity index is 1230. The Hall–Kier alpha value is -3.20. The minimum Gasteiger partial charge on any atom is -0.326 e. The van der Waals surface area contributed by atoms with Crippen molar-refractivity contribution in [3.8, 4) is 11.1 Å². The molecule has 4 aromatic rings. The molecule has 8 heteroatoms. The van der Waals surface area contributed by atoms with Crippen molar-refractivity contribution in [3.05, 3.63) is 94.5 Å². The van der Waals surface area contributed by atoms with Gasteiger partial charge in [0.2, 0.25) is 11.0 Å². The summed E-state index contributed by atoms with van der Waals surface area (Å²) in [5, 5.41) is 9.64. The predicted molar refractivity (Wildman–Crippen MR) is 133 cm³/mol. The zero-order valence-electron chi connectivity index (χ0n) is 16.2. The topological polar surface area (TPSA) is 69.8 Å². The van der Waals surface area contributed by atoms with E-state index in [1.807, 2.05) is 42.5 Å². The lowest BCUT2D eigenvalue weighted by molar-refractivity contribution is -0.111. The maximum absolute atomic E-state index is 11.9. The highest BCUT2D eigenvalue weighted by Crippen LogP contribution is 2.25. The van der Waals surface area contributed by atoms with Gasteiger partial charge in [0, 0.05) is 16.7 Å².